The first-order valence-corrected chi connectivity index (χ1v) is 31.2. The molecule has 0 aliphatic rings. The van der Waals surface area contributed by atoms with E-state index in [9.17, 15) is 0 Å². The molecule has 0 fully saturated rings. The summed E-state index contributed by atoms with van der Waals surface area (Å²) in [7, 11) is 11.2. The quantitative estimate of drug-likeness (QED) is 0.106. The van der Waals surface area contributed by atoms with E-state index >= 15 is 0 Å². The Hall–Kier alpha value is -3.26. The molecule has 8 rings (SSSR count). The van der Waals surface area contributed by atoms with Gasteiger partial charge >= 0.3 is 53.5 Å². The summed E-state index contributed by atoms with van der Waals surface area (Å²) < 4.78 is 0. The maximum atomic E-state index is 5.62. The summed E-state index contributed by atoms with van der Waals surface area (Å²) >= 11 is -1.65. The number of aryl methyl sites for hydroxylation is 2. The molecular formula is C48H48Cl2SiZr-2. The van der Waals surface area contributed by atoms with Gasteiger partial charge in [0.1, 0.15) is 0 Å². The number of rotatable bonds is 8. The molecule has 0 nitrogen and oxygen atoms in total. The van der Waals surface area contributed by atoms with Crippen molar-refractivity contribution in [3.63, 3.8) is 0 Å². The van der Waals surface area contributed by atoms with E-state index in [1.165, 1.54) is 115 Å². The van der Waals surface area contributed by atoms with Gasteiger partial charge in [-0.05, 0) is 57.6 Å². The van der Waals surface area contributed by atoms with Gasteiger partial charge in [0, 0.05) is 0 Å². The van der Waals surface area contributed by atoms with E-state index in [1.807, 2.05) is 0 Å². The molecule has 0 bridgehead atoms. The minimum absolute atomic E-state index is 0.224. The first kappa shape index (κ1) is 38.5. The monoisotopic (exact) mass is 812 g/mol. The van der Waals surface area contributed by atoms with E-state index in [-0.39, 0.29) is 5.43 Å². The van der Waals surface area contributed by atoms with Crippen LogP contribution >= 0.6 is 17.0 Å². The molecular weight excluding hydrogens is 767 g/mol. The number of unbranched alkanes of at least 4 members (excludes halogenated alkanes) is 2. The van der Waals surface area contributed by atoms with Gasteiger partial charge in [-0.25, -0.2) is 0 Å². The third-order valence-electron chi connectivity index (χ3n) is 9.76. The van der Waals surface area contributed by atoms with Crippen LogP contribution in [0.2, 0.25) is 13.1 Å². The molecule has 0 aliphatic carbocycles. The van der Waals surface area contributed by atoms with Crippen LogP contribution in [0.5, 0.6) is 0 Å². The Morgan fingerprint density at radius 3 is 1.29 bits per heavy atom. The summed E-state index contributed by atoms with van der Waals surface area (Å²) in [5.74, 6) is 0. The van der Waals surface area contributed by atoms with Crippen molar-refractivity contribution in [2.75, 3.05) is 0 Å². The van der Waals surface area contributed by atoms with Gasteiger partial charge in [0.05, 0.1) is 0 Å². The Bertz CT molecular complexity index is 2270. The van der Waals surface area contributed by atoms with Crippen LogP contribution in [0.25, 0.3) is 65.3 Å². The van der Waals surface area contributed by atoms with Crippen molar-refractivity contribution in [2.45, 2.75) is 65.5 Å². The van der Waals surface area contributed by atoms with E-state index in [0.29, 0.717) is 0 Å². The van der Waals surface area contributed by atoms with Crippen molar-refractivity contribution >= 4 is 65.5 Å². The molecule has 0 unspecified atom stereocenters. The van der Waals surface area contributed by atoms with Crippen LogP contribution in [0.3, 0.4) is 0 Å². The summed E-state index contributed by atoms with van der Waals surface area (Å²) in [6.07, 6.45) is 7.39. The zero-order chi connectivity index (χ0) is 36.5. The van der Waals surface area contributed by atoms with Crippen LogP contribution in [0.15, 0.2) is 146 Å². The zero-order valence-electron chi connectivity index (χ0n) is 30.9. The fourth-order valence-corrected chi connectivity index (χ4v) is 6.86. The second kappa shape index (κ2) is 18.7. The second-order valence-electron chi connectivity index (χ2n) is 13.9. The van der Waals surface area contributed by atoms with Crippen molar-refractivity contribution < 1.29 is 18.0 Å². The molecule has 0 heterocycles. The molecule has 0 N–H and O–H groups in total. The Morgan fingerprint density at radius 2 is 0.904 bits per heavy atom. The van der Waals surface area contributed by atoms with Gasteiger partial charge in [0.2, 0.25) is 0 Å². The molecule has 264 valence electrons. The predicted octanol–water partition coefficient (Wildman–Crippen LogP) is 15.6. The summed E-state index contributed by atoms with van der Waals surface area (Å²) in [6.45, 7) is 8.84. The molecule has 0 aliphatic heterocycles. The first-order valence-electron chi connectivity index (χ1n) is 18.7. The fourth-order valence-electron chi connectivity index (χ4n) is 6.86. The zero-order valence-corrected chi connectivity index (χ0v) is 35.8. The van der Waals surface area contributed by atoms with Crippen LogP contribution in [0, 0.1) is 0 Å². The Labute approximate surface area is 325 Å². The van der Waals surface area contributed by atoms with Gasteiger partial charge in [0.15, 0.2) is 0 Å². The number of halogens is 2. The Kier molecular flexibility index (Phi) is 13.8. The van der Waals surface area contributed by atoms with E-state index in [1.54, 1.807) is 0 Å². The van der Waals surface area contributed by atoms with Gasteiger partial charge in [-0.3, -0.25) is 0 Å². The van der Waals surface area contributed by atoms with Gasteiger partial charge < -0.3 is 0 Å². The Balaban J connectivity index is 0.000000155. The van der Waals surface area contributed by atoms with Crippen LogP contribution in [-0.2, 0) is 30.8 Å². The van der Waals surface area contributed by atoms with Crippen LogP contribution < -0.4 is 0 Å². The number of hydrogen-bond acceptors (Lipinski definition) is 0. The van der Waals surface area contributed by atoms with Crippen molar-refractivity contribution in [1.82, 2.24) is 0 Å². The topological polar surface area (TPSA) is 0 Å². The normalized spacial score (nSPS) is 11.0. The molecule has 0 saturated heterocycles. The van der Waals surface area contributed by atoms with E-state index in [0.717, 1.165) is 0 Å². The predicted molar refractivity (Wildman–Crippen MR) is 231 cm³/mol. The van der Waals surface area contributed by atoms with Crippen molar-refractivity contribution in [2.24, 2.45) is 0 Å². The minimum atomic E-state index is -1.65. The number of benzene rings is 6. The summed E-state index contributed by atoms with van der Waals surface area (Å²) in [5, 5.41) is 10.7. The van der Waals surface area contributed by atoms with Gasteiger partial charge in [-0.1, -0.05) is 136 Å². The van der Waals surface area contributed by atoms with Gasteiger partial charge in [-0.2, -0.15) is 12.1 Å². The summed E-state index contributed by atoms with van der Waals surface area (Å²) in [5.41, 5.74) is 8.01. The van der Waals surface area contributed by atoms with Gasteiger partial charge in [-0.15, -0.1) is 69.1 Å². The molecule has 0 saturated carbocycles. The SMILES string of the molecule is CCCCc1cc2c(-c3ccc4ccccc4c3)cccc2[cH-]1.CCCCc1cc2c(-c3ccc4ccccc4c3)cccc2[cH-]1.C[Si](C)=[Zr]([Cl])[Cl]. The van der Waals surface area contributed by atoms with Crippen molar-refractivity contribution in [3.05, 3.63) is 157 Å². The maximum absolute atomic E-state index is 5.62. The second-order valence-corrected chi connectivity index (χ2v) is 36.9. The third kappa shape index (κ3) is 9.64. The van der Waals surface area contributed by atoms with Crippen molar-refractivity contribution in [3.8, 4) is 22.3 Å². The molecule has 0 aromatic heterocycles. The molecule has 52 heavy (non-hydrogen) atoms. The van der Waals surface area contributed by atoms with Crippen molar-refractivity contribution in [1.29, 1.82) is 0 Å². The molecule has 4 heteroatoms. The number of hydrogen-bond donors (Lipinski definition) is 0. The molecule has 0 atom stereocenters. The van der Waals surface area contributed by atoms with Crippen LogP contribution in [-0.4, -0.2) is 5.43 Å². The number of fused-ring (bicyclic) bond motifs is 4. The van der Waals surface area contributed by atoms with Gasteiger partial charge in [0.25, 0.3) is 0 Å². The molecule has 8 aromatic rings. The third-order valence-corrected chi connectivity index (χ3v) is 29.5. The van der Waals surface area contributed by atoms with E-state index in [2.05, 4.69) is 173 Å². The fraction of sp³-hybridized carbons (Fsp3) is 0.208. The first-order chi connectivity index (χ1) is 25.3. The van der Waals surface area contributed by atoms with E-state index < -0.39 is 18.0 Å². The molecule has 0 radical (unpaired) electrons. The summed E-state index contributed by atoms with van der Waals surface area (Å²) in [6, 6.07) is 53.5. The Morgan fingerprint density at radius 1 is 0.500 bits per heavy atom. The molecule has 0 spiro atoms. The van der Waals surface area contributed by atoms with Crippen LogP contribution in [0.1, 0.15) is 50.7 Å². The summed E-state index contributed by atoms with van der Waals surface area (Å²) in [4.78, 5) is 0. The average molecular weight is 815 g/mol. The van der Waals surface area contributed by atoms with E-state index in [4.69, 9.17) is 17.0 Å². The average Bonchev–Trinajstić information content (AvgIpc) is 3.80. The van der Waals surface area contributed by atoms with Crippen LogP contribution in [0.4, 0.5) is 0 Å². The molecule has 8 aromatic carbocycles. The molecule has 0 amide bonds. The standard InChI is InChI=1S/2C23H21.C2H6Si.2ClH.Zr/c2*1-2-3-7-17-14-20-10-6-11-22(23(20)15-17)21-13-12-18-8-4-5-9-19(18)16-21;1-3-2;;;/h2*4-6,8-16H,2-3,7H2,1H3;1-2H3;2*1H;/q2*-1;;;;+2/p-2.